The molecule has 1 aliphatic carbocycles. The van der Waals surface area contributed by atoms with Crippen LogP contribution < -0.4 is 0 Å². The van der Waals surface area contributed by atoms with Gasteiger partial charge < -0.3 is 9.32 Å². The lowest BCUT2D eigenvalue weighted by atomic mass is 10.3. The largest absolute Gasteiger partial charge is 0.418 e. The number of carbonyl (C=O) groups is 1. The summed E-state index contributed by atoms with van der Waals surface area (Å²) in [5.41, 5.74) is 0. The molecule has 148 valence electrons. The van der Waals surface area contributed by atoms with Crippen molar-refractivity contribution in [2.45, 2.75) is 45.3 Å². The molecule has 0 atom stereocenters. The summed E-state index contributed by atoms with van der Waals surface area (Å²) in [6, 6.07) is 8.64. The van der Waals surface area contributed by atoms with Gasteiger partial charge in [-0.1, -0.05) is 19.1 Å². The van der Waals surface area contributed by atoms with E-state index in [4.69, 9.17) is 4.42 Å². The van der Waals surface area contributed by atoms with Gasteiger partial charge in [0.25, 0.3) is 5.89 Å². The molecule has 0 unspecified atom stereocenters. The van der Waals surface area contributed by atoms with Crippen molar-refractivity contribution in [3.63, 3.8) is 0 Å². The molecule has 0 saturated heterocycles. The molecule has 1 aliphatic rings. The molecule has 0 spiro atoms. The monoisotopic (exact) mass is 416 g/mol. The summed E-state index contributed by atoms with van der Waals surface area (Å²) in [5, 5.41) is 12.3. The van der Waals surface area contributed by atoms with Crippen LogP contribution in [0.25, 0.3) is 10.8 Å². The molecule has 1 fully saturated rings. The van der Waals surface area contributed by atoms with Crippen LogP contribution in [0.5, 0.6) is 0 Å². The highest BCUT2D eigenvalue weighted by Gasteiger charge is 2.31. The van der Waals surface area contributed by atoms with Gasteiger partial charge in [-0.25, -0.2) is 0 Å². The second kappa shape index (κ2) is 8.98. The fraction of sp³-hybridized carbons (Fsp3) is 0.450. The molecular formula is C20H24N4O2S2. The van der Waals surface area contributed by atoms with Crippen LogP contribution in [0.1, 0.15) is 37.0 Å². The summed E-state index contributed by atoms with van der Waals surface area (Å²) >= 11 is 3.31. The lowest BCUT2D eigenvalue weighted by Gasteiger charge is -2.26. The van der Waals surface area contributed by atoms with Crippen molar-refractivity contribution in [2.24, 2.45) is 0 Å². The van der Waals surface area contributed by atoms with E-state index in [0.29, 0.717) is 37.5 Å². The number of thiophene rings is 2. The van der Waals surface area contributed by atoms with E-state index in [1.807, 2.05) is 22.4 Å². The summed E-state index contributed by atoms with van der Waals surface area (Å²) in [6.45, 7) is 4.41. The molecule has 1 amide bonds. The third-order valence-electron chi connectivity index (χ3n) is 4.71. The van der Waals surface area contributed by atoms with E-state index in [-0.39, 0.29) is 5.91 Å². The SMILES string of the molecule is CCCN(Cc1nnc(-c2cccs2)o1)C(=O)CN(Cc1cccs1)C1CC1. The van der Waals surface area contributed by atoms with Gasteiger partial charge in [0, 0.05) is 24.0 Å². The fourth-order valence-electron chi connectivity index (χ4n) is 3.17. The highest BCUT2D eigenvalue weighted by molar-refractivity contribution is 7.13. The zero-order valence-electron chi connectivity index (χ0n) is 15.9. The van der Waals surface area contributed by atoms with E-state index >= 15 is 0 Å². The molecule has 3 heterocycles. The molecule has 3 aromatic rings. The Morgan fingerprint density at radius 1 is 1.18 bits per heavy atom. The first-order chi connectivity index (χ1) is 13.7. The minimum Gasteiger partial charge on any atom is -0.418 e. The Morgan fingerprint density at radius 3 is 2.68 bits per heavy atom. The first-order valence-corrected chi connectivity index (χ1v) is 11.4. The summed E-state index contributed by atoms with van der Waals surface area (Å²) in [5.74, 6) is 1.13. The van der Waals surface area contributed by atoms with Crippen LogP contribution in [0.3, 0.4) is 0 Å². The second-order valence-electron chi connectivity index (χ2n) is 7.01. The number of hydrogen-bond acceptors (Lipinski definition) is 7. The lowest BCUT2D eigenvalue weighted by Crippen LogP contribution is -2.41. The molecule has 0 N–H and O–H groups in total. The van der Waals surface area contributed by atoms with Crippen LogP contribution >= 0.6 is 22.7 Å². The van der Waals surface area contributed by atoms with Crippen molar-refractivity contribution in [3.8, 4) is 10.8 Å². The molecule has 0 aromatic carbocycles. The molecule has 8 heteroatoms. The van der Waals surface area contributed by atoms with Crippen LogP contribution in [0, 0.1) is 0 Å². The minimum atomic E-state index is 0.126. The third-order valence-corrected chi connectivity index (χ3v) is 6.43. The Hall–Kier alpha value is -2.03. The smallest absolute Gasteiger partial charge is 0.257 e. The Balaban J connectivity index is 1.40. The number of amides is 1. The predicted octanol–water partition coefficient (Wildman–Crippen LogP) is 4.26. The van der Waals surface area contributed by atoms with Gasteiger partial charge in [0.05, 0.1) is 18.0 Å². The van der Waals surface area contributed by atoms with E-state index in [1.165, 1.54) is 17.7 Å². The van der Waals surface area contributed by atoms with Gasteiger partial charge in [-0.2, -0.15) is 0 Å². The van der Waals surface area contributed by atoms with Crippen molar-refractivity contribution in [2.75, 3.05) is 13.1 Å². The number of aromatic nitrogens is 2. The van der Waals surface area contributed by atoms with Gasteiger partial charge in [0.1, 0.15) is 0 Å². The highest BCUT2D eigenvalue weighted by atomic mass is 32.1. The second-order valence-corrected chi connectivity index (χ2v) is 8.99. The van der Waals surface area contributed by atoms with Gasteiger partial charge in [-0.05, 0) is 42.2 Å². The van der Waals surface area contributed by atoms with Gasteiger partial charge >= 0.3 is 0 Å². The molecule has 4 rings (SSSR count). The Bertz CT molecular complexity index is 872. The van der Waals surface area contributed by atoms with Crippen LogP contribution in [0.15, 0.2) is 39.4 Å². The molecular weight excluding hydrogens is 392 g/mol. The predicted molar refractivity (Wildman–Crippen MR) is 111 cm³/mol. The van der Waals surface area contributed by atoms with E-state index in [0.717, 1.165) is 17.8 Å². The topological polar surface area (TPSA) is 62.5 Å². The van der Waals surface area contributed by atoms with E-state index in [9.17, 15) is 4.79 Å². The van der Waals surface area contributed by atoms with Gasteiger partial charge in [-0.3, -0.25) is 9.69 Å². The zero-order valence-corrected chi connectivity index (χ0v) is 17.5. The number of hydrogen-bond donors (Lipinski definition) is 0. The third kappa shape index (κ3) is 4.87. The number of rotatable bonds is 10. The maximum Gasteiger partial charge on any atom is 0.257 e. The fourth-order valence-corrected chi connectivity index (χ4v) is 4.55. The number of carbonyl (C=O) groups excluding carboxylic acids is 1. The average Bonchev–Trinajstić information content (AvgIpc) is 3.11. The van der Waals surface area contributed by atoms with E-state index < -0.39 is 0 Å². The van der Waals surface area contributed by atoms with Gasteiger partial charge in [-0.15, -0.1) is 32.9 Å². The van der Waals surface area contributed by atoms with Crippen LogP contribution in [-0.2, 0) is 17.9 Å². The van der Waals surface area contributed by atoms with Crippen molar-refractivity contribution < 1.29 is 9.21 Å². The maximum absolute atomic E-state index is 13.0. The van der Waals surface area contributed by atoms with Crippen LogP contribution in [-0.4, -0.2) is 45.0 Å². The standard InChI is InChI=1S/C20H24N4O2S2/c1-2-9-23(13-18-21-22-20(26-18)17-6-4-11-28-17)19(25)14-24(15-7-8-15)12-16-5-3-10-27-16/h3-6,10-11,15H,2,7-9,12-14H2,1H3. The molecule has 0 bridgehead atoms. The Kier molecular flexibility index (Phi) is 6.19. The summed E-state index contributed by atoms with van der Waals surface area (Å²) in [6.07, 6.45) is 3.26. The molecule has 3 aromatic heterocycles. The van der Waals surface area contributed by atoms with Crippen molar-refractivity contribution in [1.82, 2.24) is 20.0 Å². The van der Waals surface area contributed by atoms with Crippen molar-refractivity contribution >= 4 is 28.6 Å². The average molecular weight is 417 g/mol. The molecule has 1 saturated carbocycles. The highest BCUT2D eigenvalue weighted by Crippen LogP contribution is 2.29. The summed E-state index contributed by atoms with van der Waals surface area (Å²) in [4.78, 5) is 19.4. The van der Waals surface area contributed by atoms with Crippen LogP contribution in [0.4, 0.5) is 0 Å². The minimum absolute atomic E-state index is 0.126. The zero-order chi connectivity index (χ0) is 19.3. The molecule has 0 radical (unpaired) electrons. The first kappa shape index (κ1) is 19.3. The molecule has 28 heavy (non-hydrogen) atoms. The van der Waals surface area contributed by atoms with Crippen LogP contribution in [0.2, 0.25) is 0 Å². The molecule has 0 aliphatic heterocycles. The quantitative estimate of drug-likeness (QED) is 0.494. The lowest BCUT2D eigenvalue weighted by molar-refractivity contribution is -0.133. The number of nitrogens with zero attached hydrogens (tertiary/aromatic N) is 4. The van der Waals surface area contributed by atoms with Gasteiger partial charge in [0.15, 0.2) is 0 Å². The molecule has 6 nitrogen and oxygen atoms in total. The summed E-state index contributed by atoms with van der Waals surface area (Å²) in [7, 11) is 0. The Morgan fingerprint density at radius 2 is 2.00 bits per heavy atom. The maximum atomic E-state index is 13.0. The van der Waals surface area contributed by atoms with E-state index in [2.05, 4.69) is 39.5 Å². The van der Waals surface area contributed by atoms with Gasteiger partial charge in [0.2, 0.25) is 11.8 Å². The van der Waals surface area contributed by atoms with E-state index in [1.54, 1.807) is 22.7 Å². The van der Waals surface area contributed by atoms with Crippen molar-refractivity contribution in [1.29, 1.82) is 0 Å². The normalized spacial score (nSPS) is 13.9. The summed E-state index contributed by atoms with van der Waals surface area (Å²) < 4.78 is 5.79. The van der Waals surface area contributed by atoms with Crippen molar-refractivity contribution in [3.05, 3.63) is 45.8 Å². The first-order valence-electron chi connectivity index (χ1n) is 9.63. The Labute approximate surface area is 172 Å².